The van der Waals surface area contributed by atoms with Gasteiger partial charge in [0.25, 0.3) is 10.1 Å². The van der Waals surface area contributed by atoms with Crippen LogP contribution in [-0.4, -0.2) is 14.5 Å². The second-order valence-electron chi connectivity index (χ2n) is 6.78. The standard InChI is InChI=1S/C18H22O3S/c1-18(2)12-6-5-9-17(18)21-22(19,20)16-11-10-14-7-3-4-8-15(14)13-16/h3-4,7-8,10-11,13,17H,5-6,9,12H2,1-2H3/t17-/m1/s1. The molecule has 0 saturated heterocycles. The van der Waals surface area contributed by atoms with Gasteiger partial charge in [0, 0.05) is 0 Å². The number of benzene rings is 2. The lowest BCUT2D eigenvalue weighted by Crippen LogP contribution is -2.36. The Balaban J connectivity index is 1.91. The summed E-state index contributed by atoms with van der Waals surface area (Å²) in [5, 5.41) is 1.94. The lowest BCUT2D eigenvalue weighted by Gasteiger charge is -2.37. The Labute approximate surface area is 132 Å². The normalized spacial score (nSPS) is 21.8. The second kappa shape index (κ2) is 5.67. The average molecular weight is 318 g/mol. The van der Waals surface area contributed by atoms with E-state index in [0.29, 0.717) is 0 Å². The zero-order valence-corrected chi connectivity index (χ0v) is 13.9. The van der Waals surface area contributed by atoms with Crippen LogP contribution in [-0.2, 0) is 14.3 Å². The predicted octanol–water partition coefficient (Wildman–Crippen LogP) is 4.51. The molecule has 22 heavy (non-hydrogen) atoms. The van der Waals surface area contributed by atoms with Gasteiger partial charge in [-0.1, -0.05) is 57.0 Å². The summed E-state index contributed by atoms with van der Waals surface area (Å²) in [4.78, 5) is 0.243. The van der Waals surface area contributed by atoms with E-state index in [4.69, 9.17) is 4.18 Å². The summed E-state index contributed by atoms with van der Waals surface area (Å²) in [5.74, 6) is 0. The van der Waals surface area contributed by atoms with Crippen molar-refractivity contribution in [2.45, 2.75) is 50.5 Å². The van der Waals surface area contributed by atoms with Crippen molar-refractivity contribution < 1.29 is 12.6 Å². The van der Waals surface area contributed by atoms with E-state index in [1.165, 1.54) is 0 Å². The molecular weight excluding hydrogens is 296 g/mol. The van der Waals surface area contributed by atoms with Crippen LogP contribution in [0.5, 0.6) is 0 Å². The SMILES string of the molecule is CC1(C)CCCC[C@H]1OS(=O)(=O)c1ccc2ccccc2c1. The molecule has 1 aliphatic rings. The Morgan fingerprint density at radius 2 is 1.77 bits per heavy atom. The van der Waals surface area contributed by atoms with Gasteiger partial charge in [-0.25, -0.2) is 0 Å². The van der Waals surface area contributed by atoms with Crippen LogP contribution < -0.4 is 0 Å². The first-order valence-corrected chi connectivity index (χ1v) is 9.21. The third kappa shape index (κ3) is 3.03. The Morgan fingerprint density at radius 1 is 1.05 bits per heavy atom. The van der Waals surface area contributed by atoms with Crippen LogP contribution in [0.25, 0.3) is 10.8 Å². The molecule has 1 fully saturated rings. The molecule has 1 aliphatic carbocycles. The maximum absolute atomic E-state index is 12.6. The largest absolute Gasteiger partial charge is 0.297 e. The highest BCUT2D eigenvalue weighted by molar-refractivity contribution is 7.86. The summed E-state index contributed by atoms with van der Waals surface area (Å²) in [6.45, 7) is 4.18. The van der Waals surface area contributed by atoms with E-state index in [-0.39, 0.29) is 16.4 Å². The van der Waals surface area contributed by atoms with Crippen molar-refractivity contribution in [2.24, 2.45) is 5.41 Å². The zero-order chi connectivity index (χ0) is 15.8. The van der Waals surface area contributed by atoms with E-state index in [1.807, 2.05) is 30.3 Å². The molecular formula is C18H22O3S. The first-order chi connectivity index (χ1) is 10.4. The Bertz CT molecular complexity index is 778. The first-order valence-electron chi connectivity index (χ1n) is 7.81. The Hall–Kier alpha value is -1.39. The van der Waals surface area contributed by atoms with Gasteiger partial charge in [0.1, 0.15) is 0 Å². The van der Waals surface area contributed by atoms with E-state index < -0.39 is 10.1 Å². The van der Waals surface area contributed by atoms with E-state index in [9.17, 15) is 8.42 Å². The predicted molar refractivity (Wildman–Crippen MR) is 88.3 cm³/mol. The highest BCUT2D eigenvalue weighted by Gasteiger charge is 2.36. The van der Waals surface area contributed by atoms with Gasteiger partial charge in [0.15, 0.2) is 0 Å². The van der Waals surface area contributed by atoms with Crippen molar-refractivity contribution in [3.05, 3.63) is 42.5 Å². The van der Waals surface area contributed by atoms with Crippen molar-refractivity contribution in [3.63, 3.8) is 0 Å². The zero-order valence-electron chi connectivity index (χ0n) is 13.1. The number of hydrogen-bond acceptors (Lipinski definition) is 3. The molecule has 0 unspecified atom stereocenters. The summed E-state index contributed by atoms with van der Waals surface area (Å²) >= 11 is 0. The molecule has 4 heteroatoms. The van der Waals surface area contributed by atoms with Crippen molar-refractivity contribution in [3.8, 4) is 0 Å². The molecule has 0 amide bonds. The average Bonchev–Trinajstić information content (AvgIpc) is 2.49. The van der Waals surface area contributed by atoms with Crippen molar-refractivity contribution in [2.75, 3.05) is 0 Å². The quantitative estimate of drug-likeness (QED) is 0.782. The molecule has 0 aromatic heterocycles. The smallest absolute Gasteiger partial charge is 0.262 e. The molecule has 2 aromatic rings. The van der Waals surface area contributed by atoms with E-state index >= 15 is 0 Å². The van der Waals surface area contributed by atoms with Crippen LogP contribution in [0.15, 0.2) is 47.4 Å². The van der Waals surface area contributed by atoms with E-state index in [1.54, 1.807) is 12.1 Å². The monoisotopic (exact) mass is 318 g/mol. The minimum absolute atomic E-state index is 0.0951. The van der Waals surface area contributed by atoms with Gasteiger partial charge < -0.3 is 0 Å². The Morgan fingerprint density at radius 3 is 2.50 bits per heavy atom. The van der Waals surface area contributed by atoms with Crippen LogP contribution in [0, 0.1) is 5.41 Å². The third-order valence-corrected chi connectivity index (χ3v) is 5.98. The third-order valence-electron chi connectivity index (χ3n) is 4.66. The topological polar surface area (TPSA) is 43.4 Å². The van der Waals surface area contributed by atoms with Crippen LogP contribution in [0.2, 0.25) is 0 Å². The van der Waals surface area contributed by atoms with Crippen molar-refractivity contribution in [1.29, 1.82) is 0 Å². The molecule has 0 radical (unpaired) electrons. The van der Waals surface area contributed by atoms with Crippen molar-refractivity contribution >= 4 is 20.9 Å². The summed E-state index contributed by atoms with van der Waals surface area (Å²) in [6.07, 6.45) is 3.74. The highest BCUT2D eigenvalue weighted by atomic mass is 32.2. The van der Waals surface area contributed by atoms with Gasteiger partial charge in [-0.15, -0.1) is 0 Å². The van der Waals surface area contributed by atoms with Gasteiger partial charge in [-0.2, -0.15) is 8.42 Å². The van der Waals surface area contributed by atoms with Gasteiger partial charge >= 0.3 is 0 Å². The summed E-state index contributed by atoms with van der Waals surface area (Å²) in [7, 11) is -3.72. The maximum atomic E-state index is 12.6. The molecule has 1 atom stereocenters. The first kappa shape index (κ1) is 15.5. The van der Waals surface area contributed by atoms with Gasteiger partial charge in [-0.05, 0) is 41.2 Å². The molecule has 0 aliphatic heterocycles. The molecule has 0 bridgehead atoms. The Kier molecular flexibility index (Phi) is 4.00. The summed E-state index contributed by atoms with van der Waals surface area (Å²) in [6, 6.07) is 12.9. The van der Waals surface area contributed by atoms with Crippen molar-refractivity contribution in [1.82, 2.24) is 0 Å². The maximum Gasteiger partial charge on any atom is 0.297 e. The molecule has 3 rings (SSSR count). The van der Waals surface area contributed by atoms with E-state index in [0.717, 1.165) is 36.5 Å². The molecule has 0 spiro atoms. The molecule has 3 nitrogen and oxygen atoms in total. The highest BCUT2D eigenvalue weighted by Crippen LogP contribution is 2.39. The lowest BCUT2D eigenvalue weighted by atomic mass is 9.75. The second-order valence-corrected chi connectivity index (χ2v) is 8.35. The minimum Gasteiger partial charge on any atom is -0.262 e. The van der Waals surface area contributed by atoms with Gasteiger partial charge in [0.2, 0.25) is 0 Å². The number of rotatable bonds is 3. The van der Waals surface area contributed by atoms with Crippen LogP contribution in [0.3, 0.4) is 0 Å². The molecule has 0 heterocycles. The van der Waals surface area contributed by atoms with Crippen LogP contribution in [0.1, 0.15) is 39.5 Å². The molecule has 0 N–H and O–H groups in total. The van der Waals surface area contributed by atoms with Gasteiger partial charge in [-0.3, -0.25) is 4.18 Å². The van der Waals surface area contributed by atoms with E-state index in [2.05, 4.69) is 13.8 Å². The minimum atomic E-state index is -3.72. The van der Waals surface area contributed by atoms with Gasteiger partial charge in [0.05, 0.1) is 11.0 Å². The summed E-state index contributed by atoms with van der Waals surface area (Å²) < 4.78 is 30.8. The fourth-order valence-corrected chi connectivity index (χ4v) is 4.45. The lowest BCUT2D eigenvalue weighted by molar-refractivity contribution is 0.0390. The molecule has 1 saturated carbocycles. The van der Waals surface area contributed by atoms with Crippen LogP contribution in [0.4, 0.5) is 0 Å². The number of fused-ring (bicyclic) bond motifs is 1. The van der Waals surface area contributed by atoms with Crippen LogP contribution >= 0.6 is 0 Å². The molecule has 2 aromatic carbocycles. The molecule has 118 valence electrons. The fourth-order valence-electron chi connectivity index (χ4n) is 3.17. The number of hydrogen-bond donors (Lipinski definition) is 0. The summed E-state index contributed by atoms with van der Waals surface area (Å²) in [5.41, 5.74) is -0.0951. The fraction of sp³-hybridized carbons (Fsp3) is 0.444.